The summed E-state index contributed by atoms with van der Waals surface area (Å²) >= 11 is 0. The second-order valence-corrected chi connectivity index (χ2v) is 4.49. The fourth-order valence-electron chi connectivity index (χ4n) is 2.52. The number of nitrogens with zero attached hydrogens (tertiary/aromatic N) is 1. The minimum atomic E-state index is 0.967. The Morgan fingerprint density at radius 1 is 1.33 bits per heavy atom. The molecular weight excluding hydrogens is 224 g/mol. The van der Waals surface area contributed by atoms with E-state index in [4.69, 9.17) is 4.74 Å². The van der Waals surface area contributed by atoms with Gasteiger partial charge in [-0.1, -0.05) is 12.1 Å². The number of hydrogen-bond acceptors (Lipinski definition) is 2. The second-order valence-electron chi connectivity index (χ2n) is 4.49. The Hall–Kier alpha value is -1.48. The van der Waals surface area contributed by atoms with Gasteiger partial charge in [-0.05, 0) is 45.5 Å². The molecule has 1 N–H and O–H groups in total. The molecule has 0 saturated carbocycles. The highest BCUT2D eigenvalue weighted by Gasteiger charge is 2.11. The van der Waals surface area contributed by atoms with E-state index in [1.54, 1.807) is 7.11 Å². The van der Waals surface area contributed by atoms with E-state index in [1.807, 2.05) is 13.1 Å². The van der Waals surface area contributed by atoms with Crippen LogP contribution in [-0.4, -0.2) is 25.3 Å². The molecule has 1 aromatic heterocycles. The van der Waals surface area contributed by atoms with Crippen molar-refractivity contribution in [1.29, 1.82) is 0 Å². The van der Waals surface area contributed by atoms with Crippen LogP contribution in [0.1, 0.15) is 19.0 Å². The zero-order valence-electron chi connectivity index (χ0n) is 11.5. The van der Waals surface area contributed by atoms with Crippen LogP contribution < -0.4 is 10.1 Å². The zero-order valence-corrected chi connectivity index (χ0v) is 11.5. The summed E-state index contributed by atoms with van der Waals surface area (Å²) in [5.74, 6) is 0.967. The van der Waals surface area contributed by atoms with E-state index in [2.05, 4.69) is 35.0 Å². The van der Waals surface area contributed by atoms with Crippen molar-refractivity contribution in [2.24, 2.45) is 0 Å². The molecule has 0 fully saturated rings. The minimum absolute atomic E-state index is 0.967. The Labute approximate surface area is 109 Å². The number of rotatable bonds is 6. The van der Waals surface area contributed by atoms with Gasteiger partial charge in [0, 0.05) is 17.6 Å². The van der Waals surface area contributed by atoms with Gasteiger partial charge in [0.15, 0.2) is 0 Å². The third kappa shape index (κ3) is 2.36. The maximum atomic E-state index is 5.48. The normalized spacial score (nSPS) is 11.1. The van der Waals surface area contributed by atoms with E-state index in [-0.39, 0.29) is 0 Å². The van der Waals surface area contributed by atoms with E-state index in [0.717, 1.165) is 31.7 Å². The van der Waals surface area contributed by atoms with Gasteiger partial charge in [-0.15, -0.1) is 0 Å². The number of aryl methyl sites for hydroxylation is 2. The molecule has 0 spiro atoms. The van der Waals surface area contributed by atoms with Crippen LogP contribution in [0.5, 0.6) is 5.75 Å². The summed E-state index contributed by atoms with van der Waals surface area (Å²) < 4.78 is 7.84. The van der Waals surface area contributed by atoms with Gasteiger partial charge in [0.1, 0.15) is 5.75 Å². The summed E-state index contributed by atoms with van der Waals surface area (Å²) in [6.45, 7) is 4.23. The van der Waals surface area contributed by atoms with Crippen LogP contribution in [0.15, 0.2) is 24.3 Å². The summed E-state index contributed by atoms with van der Waals surface area (Å²) in [6, 6.07) is 8.53. The highest BCUT2D eigenvalue weighted by molar-refractivity contribution is 5.87. The predicted octanol–water partition coefficient (Wildman–Crippen LogP) is 2.82. The van der Waals surface area contributed by atoms with Crippen LogP contribution in [0, 0.1) is 0 Å². The second kappa shape index (κ2) is 5.91. The quantitative estimate of drug-likeness (QED) is 0.793. The first-order valence-electron chi connectivity index (χ1n) is 6.61. The Balaban J connectivity index is 2.41. The van der Waals surface area contributed by atoms with Gasteiger partial charge in [-0.2, -0.15) is 0 Å². The molecular formula is C15H22N2O. The summed E-state index contributed by atoms with van der Waals surface area (Å²) in [5, 5.41) is 4.47. The smallest absolute Gasteiger partial charge is 0.143 e. The molecule has 0 bridgehead atoms. The van der Waals surface area contributed by atoms with Gasteiger partial charge >= 0.3 is 0 Å². The highest BCUT2D eigenvalue weighted by Crippen LogP contribution is 2.29. The first kappa shape index (κ1) is 13.0. The van der Waals surface area contributed by atoms with Crippen LogP contribution >= 0.6 is 0 Å². The predicted molar refractivity (Wildman–Crippen MR) is 76.4 cm³/mol. The standard InChI is InChI=1S/C15H22N2O/c1-4-17-13(8-6-10-16-2)11-12-7-5-9-14(18-3)15(12)17/h5,7,9,11,16H,4,6,8,10H2,1-3H3. The zero-order chi connectivity index (χ0) is 13.0. The molecule has 18 heavy (non-hydrogen) atoms. The fourth-order valence-corrected chi connectivity index (χ4v) is 2.52. The van der Waals surface area contributed by atoms with Crippen molar-refractivity contribution in [3.8, 4) is 5.75 Å². The van der Waals surface area contributed by atoms with Gasteiger partial charge in [0.2, 0.25) is 0 Å². The van der Waals surface area contributed by atoms with Gasteiger partial charge in [0.05, 0.1) is 12.6 Å². The molecule has 0 radical (unpaired) electrons. The van der Waals surface area contributed by atoms with Gasteiger partial charge in [-0.25, -0.2) is 0 Å². The lowest BCUT2D eigenvalue weighted by molar-refractivity contribution is 0.417. The lowest BCUT2D eigenvalue weighted by atomic mass is 10.2. The molecule has 0 aliphatic heterocycles. The summed E-state index contributed by atoms with van der Waals surface area (Å²) in [7, 11) is 3.74. The van der Waals surface area contributed by atoms with Gasteiger partial charge in [0.25, 0.3) is 0 Å². The molecule has 98 valence electrons. The van der Waals surface area contributed by atoms with E-state index < -0.39 is 0 Å². The van der Waals surface area contributed by atoms with Crippen molar-refractivity contribution in [1.82, 2.24) is 9.88 Å². The SMILES string of the molecule is CCn1c(CCCNC)cc2cccc(OC)c21. The van der Waals surface area contributed by atoms with Gasteiger partial charge < -0.3 is 14.6 Å². The summed E-state index contributed by atoms with van der Waals surface area (Å²) in [5.41, 5.74) is 2.62. The molecule has 2 rings (SSSR count). The highest BCUT2D eigenvalue weighted by atomic mass is 16.5. The van der Waals surface area contributed by atoms with Crippen molar-refractivity contribution in [3.05, 3.63) is 30.0 Å². The molecule has 2 aromatic rings. The Morgan fingerprint density at radius 2 is 2.17 bits per heavy atom. The van der Waals surface area contributed by atoms with Crippen molar-refractivity contribution in [3.63, 3.8) is 0 Å². The number of hydrogen-bond donors (Lipinski definition) is 1. The first-order valence-corrected chi connectivity index (χ1v) is 6.61. The molecule has 0 atom stereocenters. The average molecular weight is 246 g/mol. The molecule has 0 saturated heterocycles. The van der Waals surface area contributed by atoms with Gasteiger partial charge in [-0.3, -0.25) is 0 Å². The van der Waals surface area contributed by atoms with Crippen molar-refractivity contribution in [2.75, 3.05) is 20.7 Å². The van der Waals surface area contributed by atoms with Crippen LogP contribution in [0.2, 0.25) is 0 Å². The van der Waals surface area contributed by atoms with E-state index in [9.17, 15) is 0 Å². The maximum absolute atomic E-state index is 5.48. The lowest BCUT2D eigenvalue weighted by Crippen LogP contribution is -2.10. The monoisotopic (exact) mass is 246 g/mol. The molecule has 0 unspecified atom stereocenters. The number of para-hydroxylation sites is 1. The number of methoxy groups -OCH3 is 1. The van der Waals surface area contributed by atoms with Crippen molar-refractivity contribution < 1.29 is 4.74 Å². The summed E-state index contributed by atoms with van der Waals surface area (Å²) in [4.78, 5) is 0. The topological polar surface area (TPSA) is 26.2 Å². The van der Waals surface area contributed by atoms with Crippen LogP contribution in [0.25, 0.3) is 10.9 Å². The van der Waals surface area contributed by atoms with E-state index >= 15 is 0 Å². The van der Waals surface area contributed by atoms with Crippen molar-refractivity contribution >= 4 is 10.9 Å². The minimum Gasteiger partial charge on any atom is -0.495 e. The molecule has 3 nitrogen and oxygen atoms in total. The molecule has 0 amide bonds. The Bertz CT molecular complexity index is 516. The van der Waals surface area contributed by atoms with E-state index in [1.165, 1.54) is 16.6 Å². The Kier molecular flexibility index (Phi) is 4.26. The molecule has 1 heterocycles. The van der Waals surface area contributed by atoms with Crippen LogP contribution in [0.4, 0.5) is 0 Å². The largest absolute Gasteiger partial charge is 0.495 e. The number of benzene rings is 1. The molecule has 3 heteroatoms. The third-order valence-corrected chi connectivity index (χ3v) is 3.36. The number of ether oxygens (including phenoxy) is 1. The number of fused-ring (bicyclic) bond motifs is 1. The molecule has 0 aliphatic rings. The van der Waals surface area contributed by atoms with Crippen LogP contribution in [0.3, 0.4) is 0 Å². The average Bonchev–Trinajstić information content (AvgIpc) is 2.76. The maximum Gasteiger partial charge on any atom is 0.143 e. The molecule has 1 aromatic carbocycles. The fraction of sp³-hybridized carbons (Fsp3) is 0.467. The lowest BCUT2D eigenvalue weighted by Gasteiger charge is -2.10. The van der Waals surface area contributed by atoms with Crippen molar-refractivity contribution in [2.45, 2.75) is 26.3 Å². The van der Waals surface area contributed by atoms with E-state index in [0.29, 0.717) is 0 Å². The number of aromatic nitrogens is 1. The Morgan fingerprint density at radius 3 is 2.83 bits per heavy atom. The first-order chi connectivity index (χ1) is 8.81. The third-order valence-electron chi connectivity index (χ3n) is 3.36. The number of nitrogens with one attached hydrogen (secondary N) is 1. The summed E-state index contributed by atoms with van der Waals surface area (Å²) in [6.07, 6.45) is 2.27. The van der Waals surface area contributed by atoms with Crippen LogP contribution in [-0.2, 0) is 13.0 Å². The molecule has 0 aliphatic carbocycles.